The minimum atomic E-state index is -0.268. The first-order chi connectivity index (χ1) is 14.1. The maximum Gasteiger partial charge on any atom is 0.291 e. The summed E-state index contributed by atoms with van der Waals surface area (Å²) in [6, 6.07) is 19.4. The van der Waals surface area contributed by atoms with Crippen molar-refractivity contribution in [1.82, 2.24) is 10.6 Å². The van der Waals surface area contributed by atoms with Crippen molar-refractivity contribution in [3.8, 4) is 0 Å². The number of carbonyl (C=O) groups is 1. The number of guanidine groups is 1. The summed E-state index contributed by atoms with van der Waals surface area (Å²) < 4.78 is 5.10. The van der Waals surface area contributed by atoms with Gasteiger partial charge in [0.15, 0.2) is 11.7 Å². The highest BCUT2D eigenvalue weighted by molar-refractivity contribution is 6.02. The monoisotopic (exact) mass is 390 g/mol. The zero-order chi connectivity index (χ0) is 20.5. The number of aryl methyl sites for hydroxylation is 1. The summed E-state index contributed by atoms with van der Waals surface area (Å²) >= 11 is 0. The molecule has 0 aliphatic carbocycles. The standard InChI is InChI=1S/C23H26N4O2/c1-3-24-23(25-15-18-8-6-17(2)7-9-18)26-16-19-10-12-20(13-11-19)27-22(28)21-5-4-14-29-21/h4-14H,3,15-16H2,1-2H3,(H,27,28)(H2,24,25,26). The zero-order valence-electron chi connectivity index (χ0n) is 16.7. The molecule has 3 N–H and O–H groups in total. The number of carbonyl (C=O) groups excluding carboxylic acids is 1. The van der Waals surface area contributed by atoms with E-state index in [4.69, 9.17) is 4.42 Å². The van der Waals surface area contributed by atoms with Crippen molar-refractivity contribution in [3.63, 3.8) is 0 Å². The van der Waals surface area contributed by atoms with Gasteiger partial charge in [-0.15, -0.1) is 0 Å². The molecule has 0 bridgehead atoms. The molecule has 1 heterocycles. The fraction of sp³-hybridized carbons (Fsp3) is 0.217. The second kappa shape index (κ2) is 10.1. The van der Waals surface area contributed by atoms with E-state index in [0.29, 0.717) is 18.8 Å². The number of anilines is 1. The fourth-order valence-electron chi connectivity index (χ4n) is 2.70. The molecule has 0 atom stereocenters. The van der Waals surface area contributed by atoms with Crippen molar-refractivity contribution in [2.75, 3.05) is 11.9 Å². The molecule has 0 aliphatic heterocycles. The van der Waals surface area contributed by atoms with Crippen molar-refractivity contribution in [2.45, 2.75) is 26.9 Å². The predicted molar refractivity (Wildman–Crippen MR) is 116 cm³/mol. The fourth-order valence-corrected chi connectivity index (χ4v) is 2.70. The van der Waals surface area contributed by atoms with Crippen molar-refractivity contribution in [3.05, 3.63) is 89.4 Å². The molecule has 150 valence electrons. The predicted octanol–water partition coefficient (Wildman–Crippen LogP) is 4.10. The molecule has 0 radical (unpaired) electrons. The first-order valence-electron chi connectivity index (χ1n) is 9.65. The Kier molecular flexibility index (Phi) is 7.05. The van der Waals surface area contributed by atoms with E-state index < -0.39 is 0 Å². The molecular weight excluding hydrogens is 364 g/mol. The Balaban J connectivity index is 1.55. The van der Waals surface area contributed by atoms with Gasteiger partial charge in [0.05, 0.1) is 12.8 Å². The van der Waals surface area contributed by atoms with Crippen LogP contribution in [0.4, 0.5) is 5.69 Å². The van der Waals surface area contributed by atoms with E-state index in [1.165, 1.54) is 17.4 Å². The van der Waals surface area contributed by atoms with Gasteiger partial charge in [0, 0.05) is 18.8 Å². The Morgan fingerprint density at radius 3 is 2.34 bits per heavy atom. The summed E-state index contributed by atoms with van der Waals surface area (Å²) in [6.07, 6.45) is 1.48. The second-order valence-electron chi connectivity index (χ2n) is 6.66. The molecule has 6 heteroatoms. The van der Waals surface area contributed by atoms with Gasteiger partial charge in [-0.25, -0.2) is 4.99 Å². The summed E-state index contributed by atoms with van der Waals surface area (Å²) in [5, 5.41) is 9.42. The normalized spacial score (nSPS) is 11.2. The highest BCUT2D eigenvalue weighted by atomic mass is 16.3. The zero-order valence-corrected chi connectivity index (χ0v) is 16.7. The quantitative estimate of drug-likeness (QED) is 0.419. The molecule has 0 fully saturated rings. The Bertz CT molecular complexity index is 930. The highest BCUT2D eigenvalue weighted by Gasteiger charge is 2.08. The van der Waals surface area contributed by atoms with Gasteiger partial charge in [-0.2, -0.15) is 0 Å². The minimum absolute atomic E-state index is 0.268. The number of hydrogen-bond donors (Lipinski definition) is 3. The summed E-state index contributed by atoms with van der Waals surface area (Å²) in [5.74, 6) is 0.785. The van der Waals surface area contributed by atoms with Gasteiger partial charge in [0.25, 0.3) is 5.91 Å². The molecule has 0 saturated carbocycles. The van der Waals surface area contributed by atoms with Crippen LogP contribution in [0.25, 0.3) is 0 Å². The van der Waals surface area contributed by atoms with Crippen LogP contribution in [0.3, 0.4) is 0 Å². The van der Waals surface area contributed by atoms with Gasteiger partial charge < -0.3 is 20.4 Å². The summed E-state index contributed by atoms with van der Waals surface area (Å²) in [6.45, 7) is 6.16. The molecular formula is C23H26N4O2. The number of furan rings is 1. The summed E-state index contributed by atoms with van der Waals surface area (Å²) in [4.78, 5) is 16.7. The lowest BCUT2D eigenvalue weighted by Crippen LogP contribution is -2.36. The minimum Gasteiger partial charge on any atom is -0.459 e. The molecule has 1 amide bonds. The molecule has 3 rings (SSSR count). The van der Waals surface area contributed by atoms with Crippen LogP contribution in [0.2, 0.25) is 0 Å². The lowest BCUT2D eigenvalue weighted by atomic mass is 10.1. The number of rotatable bonds is 7. The van der Waals surface area contributed by atoms with E-state index >= 15 is 0 Å². The Labute approximate surface area is 171 Å². The van der Waals surface area contributed by atoms with E-state index in [1.54, 1.807) is 12.1 Å². The van der Waals surface area contributed by atoms with E-state index in [0.717, 1.165) is 18.1 Å². The number of aliphatic imine (C=N–C) groups is 1. The second-order valence-corrected chi connectivity index (χ2v) is 6.66. The molecule has 6 nitrogen and oxygen atoms in total. The molecule has 0 aliphatic rings. The molecule has 2 aromatic carbocycles. The van der Waals surface area contributed by atoms with Crippen LogP contribution in [-0.4, -0.2) is 18.4 Å². The van der Waals surface area contributed by atoms with E-state index in [2.05, 4.69) is 52.1 Å². The highest BCUT2D eigenvalue weighted by Crippen LogP contribution is 2.12. The SMILES string of the molecule is CCNC(=NCc1ccc(NC(=O)c2ccco2)cc1)NCc1ccc(C)cc1. The largest absolute Gasteiger partial charge is 0.459 e. The van der Waals surface area contributed by atoms with Crippen LogP contribution < -0.4 is 16.0 Å². The van der Waals surface area contributed by atoms with Crippen molar-refractivity contribution >= 4 is 17.6 Å². The number of benzene rings is 2. The van der Waals surface area contributed by atoms with Gasteiger partial charge in [0.1, 0.15) is 0 Å². The number of hydrogen-bond acceptors (Lipinski definition) is 3. The van der Waals surface area contributed by atoms with Crippen LogP contribution in [0.15, 0.2) is 76.3 Å². The number of nitrogens with zero attached hydrogens (tertiary/aromatic N) is 1. The topological polar surface area (TPSA) is 78.7 Å². The average molecular weight is 390 g/mol. The third kappa shape index (κ3) is 6.24. The molecule has 3 aromatic rings. The molecule has 29 heavy (non-hydrogen) atoms. The van der Waals surface area contributed by atoms with E-state index in [1.807, 2.05) is 31.2 Å². The lowest BCUT2D eigenvalue weighted by Gasteiger charge is -2.12. The van der Waals surface area contributed by atoms with Crippen molar-refractivity contribution in [1.29, 1.82) is 0 Å². The van der Waals surface area contributed by atoms with Gasteiger partial charge in [0.2, 0.25) is 0 Å². The van der Waals surface area contributed by atoms with E-state index in [9.17, 15) is 4.79 Å². The van der Waals surface area contributed by atoms with Crippen LogP contribution >= 0.6 is 0 Å². The maximum absolute atomic E-state index is 12.0. The summed E-state index contributed by atoms with van der Waals surface area (Å²) in [7, 11) is 0. The van der Waals surface area contributed by atoms with Gasteiger partial charge in [-0.05, 0) is 49.2 Å². The maximum atomic E-state index is 12.0. The van der Waals surface area contributed by atoms with Gasteiger partial charge in [-0.1, -0.05) is 42.0 Å². The third-order valence-electron chi connectivity index (χ3n) is 4.30. The average Bonchev–Trinajstić information content (AvgIpc) is 3.27. The van der Waals surface area contributed by atoms with Crippen LogP contribution in [0.1, 0.15) is 34.2 Å². The lowest BCUT2D eigenvalue weighted by molar-refractivity contribution is 0.0996. The van der Waals surface area contributed by atoms with Gasteiger partial charge >= 0.3 is 0 Å². The van der Waals surface area contributed by atoms with E-state index in [-0.39, 0.29) is 11.7 Å². The smallest absolute Gasteiger partial charge is 0.291 e. The van der Waals surface area contributed by atoms with Gasteiger partial charge in [-0.3, -0.25) is 4.79 Å². The van der Waals surface area contributed by atoms with Crippen molar-refractivity contribution in [2.24, 2.45) is 4.99 Å². The number of amides is 1. The summed E-state index contributed by atoms with van der Waals surface area (Å²) in [5.41, 5.74) is 4.22. The third-order valence-corrected chi connectivity index (χ3v) is 4.30. The van der Waals surface area contributed by atoms with Crippen LogP contribution in [0.5, 0.6) is 0 Å². The van der Waals surface area contributed by atoms with Crippen molar-refractivity contribution < 1.29 is 9.21 Å². The Hall–Kier alpha value is -3.54. The Morgan fingerprint density at radius 2 is 1.69 bits per heavy atom. The molecule has 1 aromatic heterocycles. The number of nitrogens with one attached hydrogen (secondary N) is 3. The first kappa shape index (κ1) is 20.2. The molecule has 0 saturated heterocycles. The van der Waals surface area contributed by atoms with Crippen LogP contribution in [0, 0.1) is 6.92 Å². The Morgan fingerprint density at radius 1 is 0.966 bits per heavy atom. The van der Waals surface area contributed by atoms with Crippen LogP contribution in [-0.2, 0) is 13.1 Å². The molecule has 0 spiro atoms. The molecule has 0 unspecified atom stereocenters. The first-order valence-corrected chi connectivity index (χ1v) is 9.65.